The molecule has 0 fully saturated rings. The van der Waals surface area contributed by atoms with Crippen LogP contribution in [0.4, 0.5) is 0 Å². The number of esters is 1. The second-order valence-corrected chi connectivity index (χ2v) is 5.18. The van der Waals surface area contributed by atoms with Crippen LogP contribution in [0.3, 0.4) is 0 Å². The molecule has 0 spiro atoms. The fourth-order valence-corrected chi connectivity index (χ4v) is 2.55. The number of hydrogen-bond acceptors (Lipinski definition) is 4. The SMILES string of the molecule is C#CCNC(C(=O)OC)c1ccc(Br)s1. The van der Waals surface area contributed by atoms with Crippen molar-refractivity contribution < 1.29 is 9.53 Å². The van der Waals surface area contributed by atoms with Gasteiger partial charge in [0, 0.05) is 4.88 Å². The number of rotatable bonds is 4. The van der Waals surface area contributed by atoms with E-state index >= 15 is 0 Å². The van der Waals surface area contributed by atoms with Crippen molar-refractivity contribution >= 4 is 33.2 Å². The van der Waals surface area contributed by atoms with E-state index in [1.165, 1.54) is 18.4 Å². The van der Waals surface area contributed by atoms with Crippen molar-refractivity contribution in [2.75, 3.05) is 13.7 Å². The molecule has 0 bridgehead atoms. The molecule has 1 N–H and O–H groups in total. The first kappa shape index (κ1) is 12.2. The van der Waals surface area contributed by atoms with Crippen LogP contribution in [0.15, 0.2) is 15.9 Å². The third-order valence-electron chi connectivity index (χ3n) is 1.72. The first-order valence-electron chi connectivity index (χ1n) is 4.19. The fraction of sp³-hybridized carbons (Fsp3) is 0.300. The molecule has 1 atom stereocenters. The molecule has 0 saturated carbocycles. The zero-order chi connectivity index (χ0) is 11.3. The Balaban J connectivity index is 2.81. The van der Waals surface area contributed by atoms with E-state index < -0.39 is 6.04 Å². The Bertz CT molecular complexity index is 383. The Morgan fingerprint density at radius 2 is 2.53 bits per heavy atom. The highest BCUT2D eigenvalue weighted by Crippen LogP contribution is 2.27. The molecule has 1 aromatic rings. The number of nitrogens with one attached hydrogen (secondary N) is 1. The predicted molar refractivity (Wildman–Crippen MR) is 63.6 cm³/mol. The molecule has 15 heavy (non-hydrogen) atoms. The molecule has 0 radical (unpaired) electrons. The van der Waals surface area contributed by atoms with Gasteiger partial charge in [0.05, 0.1) is 17.4 Å². The Labute approximate surface area is 101 Å². The molecule has 1 aromatic heterocycles. The maximum Gasteiger partial charge on any atom is 0.328 e. The van der Waals surface area contributed by atoms with Gasteiger partial charge in [-0.15, -0.1) is 17.8 Å². The molecule has 0 aliphatic rings. The summed E-state index contributed by atoms with van der Waals surface area (Å²) in [7, 11) is 1.36. The third kappa shape index (κ3) is 3.34. The summed E-state index contributed by atoms with van der Waals surface area (Å²) >= 11 is 4.81. The lowest BCUT2D eigenvalue weighted by Crippen LogP contribution is -2.29. The number of carbonyl (C=O) groups excluding carboxylic acids is 1. The van der Waals surface area contributed by atoms with Crippen molar-refractivity contribution in [3.8, 4) is 12.3 Å². The maximum atomic E-state index is 11.5. The topological polar surface area (TPSA) is 38.3 Å². The molecule has 3 nitrogen and oxygen atoms in total. The summed E-state index contributed by atoms with van der Waals surface area (Å²) in [5.74, 6) is 2.09. The van der Waals surface area contributed by atoms with Gasteiger partial charge in [-0.05, 0) is 28.1 Å². The van der Waals surface area contributed by atoms with Gasteiger partial charge < -0.3 is 4.74 Å². The maximum absolute atomic E-state index is 11.5. The lowest BCUT2D eigenvalue weighted by atomic mass is 10.2. The van der Waals surface area contributed by atoms with E-state index in [1.54, 1.807) is 0 Å². The molecule has 0 aromatic carbocycles. The lowest BCUT2D eigenvalue weighted by Gasteiger charge is -2.12. The molecular weight excluding hydrogens is 278 g/mol. The van der Waals surface area contributed by atoms with E-state index in [1.807, 2.05) is 12.1 Å². The largest absolute Gasteiger partial charge is 0.468 e. The van der Waals surface area contributed by atoms with E-state index in [0.717, 1.165) is 8.66 Å². The Hall–Kier alpha value is -0.830. The highest BCUT2D eigenvalue weighted by Gasteiger charge is 2.21. The van der Waals surface area contributed by atoms with Gasteiger partial charge in [-0.1, -0.05) is 5.92 Å². The smallest absolute Gasteiger partial charge is 0.328 e. The summed E-state index contributed by atoms with van der Waals surface area (Å²) in [4.78, 5) is 12.3. The molecule has 0 amide bonds. The van der Waals surface area contributed by atoms with Gasteiger partial charge in [-0.3, -0.25) is 5.32 Å². The average molecular weight is 288 g/mol. The summed E-state index contributed by atoms with van der Waals surface area (Å²) in [5.41, 5.74) is 0. The highest BCUT2D eigenvalue weighted by molar-refractivity contribution is 9.11. The Kier molecular flexibility index (Phi) is 4.82. The average Bonchev–Trinajstić information content (AvgIpc) is 2.65. The van der Waals surface area contributed by atoms with Crippen LogP contribution in [0.1, 0.15) is 10.9 Å². The van der Waals surface area contributed by atoms with Crippen molar-refractivity contribution in [3.05, 3.63) is 20.8 Å². The molecular formula is C10H10BrNO2S. The van der Waals surface area contributed by atoms with Gasteiger partial charge >= 0.3 is 5.97 Å². The van der Waals surface area contributed by atoms with Gasteiger partial charge in [0.1, 0.15) is 6.04 Å². The number of ether oxygens (including phenoxy) is 1. The number of halogens is 1. The summed E-state index contributed by atoms with van der Waals surface area (Å²) in [6, 6.07) is 3.26. The number of carbonyl (C=O) groups is 1. The van der Waals surface area contributed by atoms with Gasteiger partial charge in [0.25, 0.3) is 0 Å². The van der Waals surface area contributed by atoms with Crippen molar-refractivity contribution in [2.24, 2.45) is 0 Å². The monoisotopic (exact) mass is 287 g/mol. The first-order valence-corrected chi connectivity index (χ1v) is 5.80. The summed E-state index contributed by atoms with van der Waals surface area (Å²) in [6.07, 6.45) is 5.13. The minimum absolute atomic E-state index is 0.329. The standard InChI is InChI=1S/C10H10BrNO2S/c1-3-6-12-9(10(13)14-2)7-4-5-8(11)15-7/h1,4-5,9,12H,6H2,2H3. The van der Waals surface area contributed by atoms with Crippen LogP contribution < -0.4 is 5.32 Å². The Morgan fingerprint density at radius 3 is 3.00 bits per heavy atom. The first-order chi connectivity index (χ1) is 7.19. The second kappa shape index (κ2) is 5.91. The van der Waals surface area contributed by atoms with Crippen LogP contribution in [0.25, 0.3) is 0 Å². The number of terminal acetylenes is 1. The van der Waals surface area contributed by atoms with E-state index in [-0.39, 0.29) is 5.97 Å². The fourth-order valence-electron chi connectivity index (χ4n) is 1.06. The van der Waals surface area contributed by atoms with E-state index in [2.05, 4.69) is 27.2 Å². The minimum Gasteiger partial charge on any atom is -0.468 e. The van der Waals surface area contributed by atoms with Gasteiger partial charge in [-0.25, -0.2) is 4.79 Å². The quantitative estimate of drug-likeness (QED) is 0.680. The molecule has 0 aliphatic carbocycles. The molecule has 5 heteroatoms. The van der Waals surface area contributed by atoms with Gasteiger partial charge in [0.15, 0.2) is 0 Å². The zero-order valence-electron chi connectivity index (χ0n) is 8.12. The van der Waals surface area contributed by atoms with E-state index in [4.69, 9.17) is 11.2 Å². The molecule has 1 rings (SSSR count). The summed E-state index contributed by atoms with van der Waals surface area (Å²) < 4.78 is 5.66. The van der Waals surface area contributed by atoms with E-state index in [0.29, 0.717) is 6.54 Å². The predicted octanol–water partition coefficient (Wildman–Crippen LogP) is 1.95. The summed E-state index contributed by atoms with van der Waals surface area (Å²) in [5, 5.41) is 2.93. The van der Waals surface area contributed by atoms with Crippen molar-refractivity contribution in [1.82, 2.24) is 5.32 Å². The van der Waals surface area contributed by atoms with E-state index in [9.17, 15) is 4.79 Å². The van der Waals surface area contributed by atoms with Crippen molar-refractivity contribution in [3.63, 3.8) is 0 Å². The Morgan fingerprint density at radius 1 is 1.80 bits per heavy atom. The molecule has 0 saturated heterocycles. The van der Waals surface area contributed by atoms with Gasteiger partial charge in [-0.2, -0.15) is 0 Å². The van der Waals surface area contributed by atoms with Gasteiger partial charge in [0.2, 0.25) is 0 Å². The molecule has 1 heterocycles. The highest BCUT2D eigenvalue weighted by atomic mass is 79.9. The number of hydrogen-bond donors (Lipinski definition) is 1. The van der Waals surface area contributed by atoms with Crippen LogP contribution in [-0.2, 0) is 9.53 Å². The second-order valence-electron chi connectivity index (χ2n) is 2.68. The number of methoxy groups -OCH3 is 1. The summed E-state index contributed by atoms with van der Waals surface area (Å²) in [6.45, 7) is 0.329. The molecule has 1 unspecified atom stereocenters. The van der Waals surface area contributed by atoms with Crippen molar-refractivity contribution in [1.29, 1.82) is 0 Å². The minimum atomic E-state index is -0.484. The zero-order valence-corrected chi connectivity index (χ0v) is 10.5. The van der Waals surface area contributed by atoms with Crippen LogP contribution in [0.2, 0.25) is 0 Å². The van der Waals surface area contributed by atoms with Crippen molar-refractivity contribution in [2.45, 2.75) is 6.04 Å². The number of thiophene rings is 1. The molecule has 0 aliphatic heterocycles. The van der Waals surface area contributed by atoms with Crippen LogP contribution >= 0.6 is 27.3 Å². The lowest BCUT2D eigenvalue weighted by molar-refractivity contribution is -0.143. The molecule has 80 valence electrons. The normalized spacial score (nSPS) is 11.8. The van der Waals surface area contributed by atoms with Crippen LogP contribution in [0, 0.1) is 12.3 Å². The van der Waals surface area contributed by atoms with Crippen LogP contribution in [0.5, 0.6) is 0 Å². The van der Waals surface area contributed by atoms with Crippen LogP contribution in [-0.4, -0.2) is 19.6 Å². The third-order valence-corrected chi connectivity index (χ3v) is 3.41.